The molecule has 2 amide bonds. The molecule has 1 aromatic rings. The van der Waals surface area contributed by atoms with Crippen LogP contribution in [0.15, 0.2) is 24.3 Å². The summed E-state index contributed by atoms with van der Waals surface area (Å²) in [6.45, 7) is 4.91. The SMILES string of the molecule is C[C@]12CC3CC(NC(=O)NC4CCC(Oc5ccc(CC6ONOS6)cc5)CC4)(C1)C[C@@](C)(C3)C2. The van der Waals surface area contributed by atoms with Crippen LogP contribution in [0.1, 0.15) is 83.6 Å². The van der Waals surface area contributed by atoms with Gasteiger partial charge >= 0.3 is 6.03 Å². The van der Waals surface area contributed by atoms with Gasteiger partial charge < -0.3 is 15.4 Å². The Morgan fingerprint density at radius 3 is 2.40 bits per heavy atom. The molecule has 7 rings (SSSR count). The minimum absolute atomic E-state index is 0.00554. The number of benzene rings is 1. The van der Waals surface area contributed by atoms with E-state index in [2.05, 4.69) is 42.3 Å². The quantitative estimate of drug-likeness (QED) is 0.453. The van der Waals surface area contributed by atoms with Crippen molar-refractivity contribution in [2.45, 2.75) is 108 Å². The molecular weight excluding hydrogens is 462 g/mol. The number of ether oxygens (including phenoxy) is 1. The van der Waals surface area contributed by atoms with Crippen molar-refractivity contribution in [2.24, 2.45) is 16.7 Å². The van der Waals surface area contributed by atoms with Gasteiger partial charge in [-0.15, -0.1) is 0 Å². The Kier molecular flexibility index (Phi) is 6.23. The second-order valence-electron chi connectivity index (χ2n) is 12.8. The second kappa shape index (κ2) is 9.12. The number of rotatable bonds is 6. The van der Waals surface area contributed by atoms with E-state index in [1.807, 2.05) is 12.1 Å². The van der Waals surface area contributed by atoms with Gasteiger partial charge in [0.1, 0.15) is 5.75 Å². The third kappa shape index (κ3) is 5.31. The highest BCUT2D eigenvalue weighted by Crippen LogP contribution is 2.66. The lowest BCUT2D eigenvalue weighted by molar-refractivity contribution is -0.113. The molecular formula is C27H39N3O4S. The van der Waals surface area contributed by atoms with Gasteiger partial charge in [0, 0.05) is 18.0 Å². The summed E-state index contributed by atoms with van der Waals surface area (Å²) < 4.78 is 11.2. The molecule has 1 aromatic carbocycles. The van der Waals surface area contributed by atoms with Gasteiger partial charge in [-0.3, -0.25) is 4.84 Å². The smallest absolute Gasteiger partial charge is 0.315 e. The first-order valence-electron chi connectivity index (χ1n) is 13.4. The van der Waals surface area contributed by atoms with E-state index < -0.39 is 0 Å². The van der Waals surface area contributed by atoms with Gasteiger partial charge in [0.25, 0.3) is 0 Å². The summed E-state index contributed by atoms with van der Waals surface area (Å²) in [6, 6.07) is 8.52. The van der Waals surface area contributed by atoms with Crippen LogP contribution < -0.4 is 21.0 Å². The first-order valence-corrected chi connectivity index (χ1v) is 14.2. The number of urea groups is 1. The molecule has 6 fully saturated rings. The Balaban J connectivity index is 0.959. The average Bonchev–Trinajstić information content (AvgIpc) is 3.26. The lowest BCUT2D eigenvalue weighted by Gasteiger charge is -2.65. The molecule has 1 heterocycles. The van der Waals surface area contributed by atoms with E-state index in [1.54, 1.807) is 0 Å². The molecule has 3 N–H and O–H groups in total. The molecule has 1 saturated heterocycles. The van der Waals surface area contributed by atoms with Crippen molar-refractivity contribution in [1.82, 2.24) is 16.3 Å². The van der Waals surface area contributed by atoms with Crippen molar-refractivity contribution in [1.29, 1.82) is 0 Å². The number of hydrogen-bond donors (Lipinski definition) is 3. The maximum absolute atomic E-state index is 13.1. The molecule has 192 valence electrons. The van der Waals surface area contributed by atoms with E-state index in [1.165, 1.54) is 43.3 Å². The normalized spacial score (nSPS) is 42.1. The highest BCUT2D eigenvalue weighted by Gasteiger charge is 2.60. The van der Waals surface area contributed by atoms with Gasteiger partial charge in [0.05, 0.1) is 18.1 Å². The van der Waals surface area contributed by atoms with E-state index >= 15 is 0 Å². The van der Waals surface area contributed by atoms with E-state index in [9.17, 15) is 4.79 Å². The van der Waals surface area contributed by atoms with Crippen molar-refractivity contribution in [3.63, 3.8) is 0 Å². The summed E-state index contributed by atoms with van der Waals surface area (Å²) in [5.74, 6) is 1.69. The first kappa shape index (κ1) is 23.9. The fourth-order valence-corrected chi connectivity index (χ4v) is 9.23. The number of amides is 2. The molecule has 35 heavy (non-hydrogen) atoms. The third-order valence-electron chi connectivity index (χ3n) is 9.01. The van der Waals surface area contributed by atoms with Gasteiger partial charge in [-0.25, -0.2) is 9.08 Å². The van der Waals surface area contributed by atoms with Crippen LogP contribution in [0, 0.1) is 16.7 Å². The summed E-state index contributed by atoms with van der Waals surface area (Å²) in [7, 11) is 0. The minimum Gasteiger partial charge on any atom is -0.490 e. The highest BCUT2D eigenvalue weighted by atomic mass is 32.2. The minimum atomic E-state index is -0.0316. The molecule has 4 bridgehead atoms. The molecule has 5 atom stereocenters. The van der Waals surface area contributed by atoms with Crippen LogP contribution in [-0.2, 0) is 15.5 Å². The maximum atomic E-state index is 13.1. The van der Waals surface area contributed by atoms with Crippen LogP contribution in [0.25, 0.3) is 0 Å². The number of nitrogens with one attached hydrogen (secondary N) is 3. The van der Waals surface area contributed by atoms with Crippen LogP contribution in [0.3, 0.4) is 0 Å². The molecule has 1 aliphatic heterocycles. The molecule has 3 unspecified atom stereocenters. The Hall–Kier alpha value is -1.48. The Morgan fingerprint density at radius 2 is 1.77 bits per heavy atom. The van der Waals surface area contributed by atoms with Crippen LogP contribution in [-0.4, -0.2) is 29.2 Å². The van der Waals surface area contributed by atoms with Crippen molar-refractivity contribution in [3.8, 4) is 5.75 Å². The van der Waals surface area contributed by atoms with E-state index in [-0.39, 0.29) is 29.2 Å². The second-order valence-corrected chi connectivity index (χ2v) is 13.6. The maximum Gasteiger partial charge on any atom is 0.315 e. The third-order valence-corrected chi connectivity index (χ3v) is 9.65. The summed E-state index contributed by atoms with van der Waals surface area (Å²) in [6.07, 6.45) is 12.3. The van der Waals surface area contributed by atoms with Crippen LogP contribution in [0.2, 0.25) is 0 Å². The Labute approximate surface area is 212 Å². The van der Waals surface area contributed by atoms with Crippen LogP contribution in [0.5, 0.6) is 5.75 Å². The zero-order valence-electron chi connectivity index (χ0n) is 20.9. The number of carbonyl (C=O) groups is 1. The van der Waals surface area contributed by atoms with Crippen molar-refractivity contribution >= 4 is 18.1 Å². The van der Waals surface area contributed by atoms with Gasteiger partial charge in [-0.05, 0) is 98.7 Å². The molecule has 0 radical (unpaired) electrons. The first-order chi connectivity index (χ1) is 16.8. The van der Waals surface area contributed by atoms with Crippen LogP contribution in [0.4, 0.5) is 4.79 Å². The number of carbonyl (C=O) groups excluding carboxylic acids is 1. The van der Waals surface area contributed by atoms with E-state index in [4.69, 9.17) is 13.9 Å². The van der Waals surface area contributed by atoms with E-state index in [0.29, 0.717) is 10.8 Å². The Morgan fingerprint density at radius 1 is 1.06 bits per heavy atom. The van der Waals surface area contributed by atoms with E-state index in [0.717, 1.165) is 56.6 Å². The van der Waals surface area contributed by atoms with Gasteiger partial charge in [0.2, 0.25) is 0 Å². The summed E-state index contributed by atoms with van der Waals surface area (Å²) in [5, 5.41) is 6.81. The largest absolute Gasteiger partial charge is 0.490 e. The zero-order chi connectivity index (χ0) is 24.1. The summed E-state index contributed by atoms with van der Waals surface area (Å²) >= 11 is 1.29. The van der Waals surface area contributed by atoms with Gasteiger partial charge in [-0.2, -0.15) is 0 Å². The topological polar surface area (TPSA) is 80.9 Å². The Bertz CT molecular complexity index is 911. The van der Waals surface area contributed by atoms with Crippen molar-refractivity contribution in [2.75, 3.05) is 0 Å². The molecule has 5 saturated carbocycles. The molecule has 0 aromatic heterocycles. The van der Waals surface area contributed by atoms with Crippen molar-refractivity contribution in [3.05, 3.63) is 29.8 Å². The fourth-order valence-electron chi connectivity index (χ4n) is 8.71. The average molecular weight is 502 g/mol. The highest BCUT2D eigenvalue weighted by molar-refractivity contribution is 7.95. The van der Waals surface area contributed by atoms with Gasteiger partial charge in [-0.1, -0.05) is 31.6 Å². The molecule has 7 nitrogen and oxygen atoms in total. The van der Waals surface area contributed by atoms with Crippen LogP contribution >= 0.6 is 12.0 Å². The standard InChI is InChI=1S/C27H39N3O4S/c1-25-12-19-13-26(2,15-25)17-27(14-19,16-25)29-24(31)28-20-5-9-22(10-6-20)32-21-7-3-18(4-8-21)11-23-33-30-34-35-23/h3-4,7-8,19-20,22-23,30H,5-6,9-17H2,1-2H3,(H2,28,29,31)/t19?,20?,22?,23?,25-,26+,27?. The molecule has 6 aliphatic rings. The predicted molar refractivity (Wildman–Crippen MR) is 135 cm³/mol. The summed E-state index contributed by atoms with van der Waals surface area (Å²) in [5.41, 5.74) is 4.39. The molecule has 5 aliphatic carbocycles. The molecule has 8 heteroatoms. The predicted octanol–water partition coefficient (Wildman–Crippen LogP) is 5.41. The monoisotopic (exact) mass is 501 g/mol. The lowest BCUT2D eigenvalue weighted by atomic mass is 9.43. The summed E-state index contributed by atoms with van der Waals surface area (Å²) in [4.78, 5) is 18.3. The van der Waals surface area contributed by atoms with Gasteiger partial charge in [0.15, 0.2) is 5.44 Å². The lowest BCUT2D eigenvalue weighted by Crippen LogP contribution is -2.66. The number of hydrogen-bond acceptors (Lipinski definition) is 6. The van der Waals surface area contributed by atoms with Crippen molar-refractivity contribution < 1.29 is 18.7 Å². The molecule has 0 spiro atoms. The zero-order valence-corrected chi connectivity index (χ0v) is 21.8. The fraction of sp³-hybridized carbons (Fsp3) is 0.741.